The summed E-state index contributed by atoms with van der Waals surface area (Å²) in [5.74, 6) is -0.414. The van der Waals surface area contributed by atoms with Crippen LogP contribution in [0.5, 0.6) is 0 Å². The molecule has 0 spiro atoms. The molecular weight excluding hydrogens is 320 g/mol. The van der Waals surface area contributed by atoms with E-state index in [4.69, 9.17) is 9.52 Å². The molecule has 6 heteroatoms. The second kappa shape index (κ2) is 7.34. The van der Waals surface area contributed by atoms with Gasteiger partial charge in [0.2, 0.25) is 5.91 Å². The topological polar surface area (TPSA) is 83.1 Å². The number of carbonyl (C=O) groups is 2. The van der Waals surface area contributed by atoms with E-state index in [0.717, 1.165) is 16.8 Å². The quantitative estimate of drug-likeness (QED) is 0.872. The van der Waals surface area contributed by atoms with E-state index < -0.39 is 5.97 Å². The van der Waals surface area contributed by atoms with Gasteiger partial charge in [0.1, 0.15) is 11.8 Å². The van der Waals surface area contributed by atoms with Gasteiger partial charge in [-0.3, -0.25) is 9.59 Å². The highest BCUT2D eigenvalue weighted by Gasteiger charge is 2.34. The molecule has 2 aromatic rings. The van der Waals surface area contributed by atoms with E-state index in [0.29, 0.717) is 18.6 Å². The van der Waals surface area contributed by atoms with Gasteiger partial charge in [0.15, 0.2) is 0 Å². The maximum absolute atomic E-state index is 12.5. The maximum Gasteiger partial charge on any atom is 0.303 e. The number of aliphatic carboxylic acids is 1. The summed E-state index contributed by atoms with van der Waals surface area (Å²) in [7, 11) is 0. The second-order valence-corrected chi connectivity index (χ2v) is 6.13. The number of nitrogens with zero attached hydrogens (tertiary/aromatic N) is 2. The molecule has 0 saturated heterocycles. The van der Waals surface area contributed by atoms with Crippen molar-refractivity contribution in [2.75, 3.05) is 0 Å². The lowest BCUT2D eigenvalue weighted by atomic mass is 10.0. The molecule has 0 fully saturated rings. The Morgan fingerprint density at radius 3 is 2.64 bits per heavy atom. The first kappa shape index (κ1) is 17.0. The average Bonchev–Trinajstić information content (AvgIpc) is 3.24. The van der Waals surface area contributed by atoms with Gasteiger partial charge in [-0.2, -0.15) is 5.10 Å². The summed E-state index contributed by atoms with van der Waals surface area (Å²) in [6.07, 6.45) is 2.56. The number of carboxylic acid groups (broad SMARTS) is 1. The molecule has 0 unspecified atom stereocenters. The number of hydrazone groups is 1. The summed E-state index contributed by atoms with van der Waals surface area (Å²) in [6, 6.07) is 11.3. The van der Waals surface area contributed by atoms with Crippen molar-refractivity contribution in [3.05, 3.63) is 59.5 Å². The lowest BCUT2D eigenvalue weighted by molar-refractivity contribution is -0.137. The predicted octanol–water partition coefficient (Wildman–Crippen LogP) is 3.52. The van der Waals surface area contributed by atoms with E-state index in [1.165, 1.54) is 5.01 Å². The highest BCUT2D eigenvalue weighted by atomic mass is 16.4. The largest absolute Gasteiger partial charge is 0.481 e. The Morgan fingerprint density at radius 1 is 1.24 bits per heavy atom. The van der Waals surface area contributed by atoms with Crippen LogP contribution in [0.1, 0.15) is 48.6 Å². The van der Waals surface area contributed by atoms with Gasteiger partial charge in [-0.1, -0.05) is 29.8 Å². The highest BCUT2D eigenvalue weighted by molar-refractivity contribution is 6.03. The first-order chi connectivity index (χ1) is 12.0. The van der Waals surface area contributed by atoms with Crippen LogP contribution in [0.2, 0.25) is 0 Å². The van der Waals surface area contributed by atoms with Gasteiger partial charge in [-0.15, -0.1) is 0 Å². The molecule has 0 radical (unpaired) electrons. The molecule has 130 valence electrons. The number of rotatable bonds is 6. The molecule has 1 aliphatic heterocycles. The molecule has 0 aliphatic carbocycles. The van der Waals surface area contributed by atoms with Crippen LogP contribution in [0.4, 0.5) is 0 Å². The first-order valence-electron chi connectivity index (χ1n) is 8.26. The first-order valence-corrected chi connectivity index (χ1v) is 8.26. The van der Waals surface area contributed by atoms with Gasteiger partial charge < -0.3 is 9.52 Å². The third-order valence-electron chi connectivity index (χ3n) is 4.20. The van der Waals surface area contributed by atoms with Gasteiger partial charge in [0.05, 0.1) is 12.0 Å². The minimum absolute atomic E-state index is 0.0282. The molecule has 1 aliphatic rings. The Morgan fingerprint density at radius 2 is 2.00 bits per heavy atom. The van der Waals surface area contributed by atoms with E-state index in [9.17, 15) is 9.59 Å². The van der Waals surface area contributed by atoms with Crippen LogP contribution >= 0.6 is 0 Å². The SMILES string of the molecule is Cc1ccc(C2=NN(C(=O)CCCC(=O)O)[C@@H](c3ccco3)C2)cc1. The van der Waals surface area contributed by atoms with Crippen molar-refractivity contribution in [1.82, 2.24) is 5.01 Å². The van der Waals surface area contributed by atoms with E-state index >= 15 is 0 Å². The molecule has 1 N–H and O–H groups in total. The van der Waals surface area contributed by atoms with Crippen LogP contribution in [0, 0.1) is 6.92 Å². The number of hydrogen-bond donors (Lipinski definition) is 1. The normalized spacial score (nSPS) is 16.8. The Bertz CT molecular complexity index is 778. The van der Waals surface area contributed by atoms with E-state index in [-0.39, 0.29) is 24.8 Å². The second-order valence-electron chi connectivity index (χ2n) is 6.13. The molecule has 1 amide bonds. The standard InChI is InChI=1S/C19H20N2O4/c1-13-7-9-14(10-8-13)15-12-16(17-4-3-11-25-17)21(20-15)18(22)5-2-6-19(23)24/h3-4,7-11,16H,2,5-6,12H2,1H3,(H,23,24)/t16-/m1/s1. The van der Waals surface area contributed by atoms with Crippen molar-refractivity contribution in [2.24, 2.45) is 5.10 Å². The zero-order chi connectivity index (χ0) is 17.8. The van der Waals surface area contributed by atoms with Crippen molar-refractivity contribution in [2.45, 2.75) is 38.6 Å². The lowest BCUT2D eigenvalue weighted by Crippen LogP contribution is -2.26. The summed E-state index contributed by atoms with van der Waals surface area (Å²) < 4.78 is 5.48. The summed E-state index contributed by atoms with van der Waals surface area (Å²) in [5.41, 5.74) is 2.96. The fourth-order valence-corrected chi connectivity index (χ4v) is 2.87. The minimum Gasteiger partial charge on any atom is -0.481 e. The number of benzene rings is 1. The number of amides is 1. The molecule has 1 aromatic carbocycles. The van der Waals surface area contributed by atoms with Crippen LogP contribution in [-0.4, -0.2) is 27.7 Å². The molecule has 1 aromatic heterocycles. The summed E-state index contributed by atoms with van der Waals surface area (Å²) in [5, 5.41) is 14.7. The smallest absolute Gasteiger partial charge is 0.303 e. The number of carboxylic acids is 1. The zero-order valence-corrected chi connectivity index (χ0v) is 14.0. The molecule has 3 rings (SSSR count). The van der Waals surface area contributed by atoms with Crippen LogP contribution < -0.4 is 0 Å². The molecule has 6 nitrogen and oxygen atoms in total. The van der Waals surface area contributed by atoms with Gasteiger partial charge in [-0.25, -0.2) is 5.01 Å². The number of hydrogen-bond acceptors (Lipinski definition) is 4. The molecule has 0 bridgehead atoms. The molecule has 25 heavy (non-hydrogen) atoms. The minimum atomic E-state index is -0.902. The Kier molecular flexibility index (Phi) is 4.97. The van der Waals surface area contributed by atoms with Gasteiger partial charge in [0, 0.05) is 19.3 Å². The Balaban J connectivity index is 1.80. The van der Waals surface area contributed by atoms with Crippen LogP contribution in [-0.2, 0) is 9.59 Å². The molecule has 2 heterocycles. The monoisotopic (exact) mass is 340 g/mol. The van der Waals surface area contributed by atoms with Crippen LogP contribution in [0.15, 0.2) is 52.2 Å². The zero-order valence-electron chi connectivity index (χ0n) is 14.0. The van der Waals surface area contributed by atoms with Gasteiger partial charge in [-0.05, 0) is 31.0 Å². The molecule has 1 atom stereocenters. The predicted molar refractivity (Wildman–Crippen MR) is 92.1 cm³/mol. The van der Waals surface area contributed by atoms with Crippen molar-refractivity contribution in [3.63, 3.8) is 0 Å². The van der Waals surface area contributed by atoms with Gasteiger partial charge in [0.25, 0.3) is 0 Å². The maximum atomic E-state index is 12.5. The van der Waals surface area contributed by atoms with Crippen molar-refractivity contribution < 1.29 is 19.1 Å². The van der Waals surface area contributed by atoms with Crippen molar-refractivity contribution >= 4 is 17.6 Å². The summed E-state index contributed by atoms with van der Waals surface area (Å²) in [4.78, 5) is 23.2. The Hall–Kier alpha value is -2.89. The molecular formula is C19H20N2O4. The molecule has 0 saturated carbocycles. The van der Waals surface area contributed by atoms with Gasteiger partial charge >= 0.3 is 5.97 Å². The third kappa shape index (κ3) is 3.96. The summed E-state index contributed by atoms with van der Waals surface area (Å²) in [6.45, 7) is 2.02. The average molecular weight is 340 g/mol. The fraction of sp³-hybridized carbons (Fsp3) is 0.316. The number of carbonyl (C=O) groups excluding carboxylic acids is 1. The van der Waals surface area contributed by atoms with E-state index in [1.54, 1.807) is 12.3 Å². The number of furan rings is 1. The fourth-order valence-electron chi connectivity index (χ4n) is 2.87. The lowest BCUT2D eigenvalue weighted by Gasteiger charge is -2.19. The Labute approximate surface area is 145 Å². The number of aryl methyl sites for hydroxylation is 1. The van der Waals surface area contributed by atoms with Crippen molar-refractivity contribution in [1.29, 1.82) is 0 Å². The van der Waals surface area contributed by atoms with Crippen molar-refractivity contribution in [3.8, 4) is 0 Å². The van der Waals surface area contributed by atoms with Crippen LogP contribution in [0.25, 0.3) is 0 Å². The summed E-state index contributed by atoms with van der Waals surface area (Å²) >= 11 is 0. The van der Waals surface area contributed by atoms with E-state index in [1.807, 2.05) is 37.3 Å². The van der Waals surface area contributed by atoms with Crippen LogP contribution in [0.3, 0.4) is 0 Å². The van der Waals surface area contributed by atoms with E-state index in [2.05, 4.69) is 5.10 Å². The highest BCUT2D eigenvalue weighted by Crippen LogP contribution is 2.33. The third-order valence-corrected chi connectivity index (χ3v) is 4.20.